The fourth-order valence-corrected chi connectivity index (χ4v) is 5.69. The monoisotopic (exact) mass is 680 g/mol. The molecule has 2 aromatic carbocycles. The number of ether oxygens (including phenoxy) is 3. The van der Waals surface area contributed by atoms with E-state index in [4.69, 9.17) is 18.6 Å². The molecule has 5 rings (SSSR count). The zero-order valence-electron chi connectivity index (χ0n) is 27.4. The maximum atomic E-state index is 14.6. The Kier molecular flexibility index (Phi) is 10.2. The van der Waals surface area contributed by atoms with Crippen LogP contribution in [-0.4, -0.2) is 84.6 Å². The number of hydrogen-bond donors (Lipinski definition) is 7. The lowest BCUT2D eigenvalue weighted by Gasteiger charge is -2.39. The van der Waals surface area contributed by atoms with Crippen LogP contribution in [0.25, 0.3) is 28.4 Å². The molecule has 7 N–H and O–H groups in total. The largest absolute Gasteiger partial charge is 0.508 e. The second-order valence-electron chi connectivity index (χ2n) is 12.8. The van der Waals surface area contributed by atoms with Crippen molar-refractivity contribution in [2.24, 2.45) is 0 Å². The van der Waals surface area contributed by atoms with Crippen molar-refractivity contribution in [2.75, 3.05) is 6.61 Å². The first-order valence-electron chi connectivity index (χ1n) is 15.7. The third kappa shape index (κ3) is 7.21. The summed E-state index contributed by atoms with van der Waals surface area (Å²) in [5.41, 5.74) is 0.606. The SMILES string of the molecule is CC(C)=CCC/C(C)=C/Cc1c(-c2ccc(O)cc2O)oc2cc3c(c(OC4OC(C(=O)O)C(O)C(O)C4O)c2c1=O)C=CC(C)(CO)O3. The molecule has 0 spiro atoms. The molecule has 1 saturated heterocycles. The highest BCUT2D eigenvalue weighted by molar-refractivity contribution is 5.93. The van der Waals surface area contributed by atoms with E-state index in [0.29, 0.717) is 6.42 Å². The normalized spacial score (nSPS) is 25.1. The van der Waals surface area contributed by atoms with E-state index in [0.717, 1.165) is 18.1 Å². The molecule has 49 heavy (non-hydrogen) atoms. The molecule has 6 atom stereocenters. The van der Waals surface area contributed by atoms with Gasteiger partial charge in [-0.1, -0.05) is 23.3 Å². The number of phenols is 2. The summed E-state index contributed by atoms with van der Waals surface area (Å²) in [5.74, 6) is -2.38. The van der Waals surface area contributed by atoms with Gasteiger partial charge in [-0.25, -0.2) is 4.79 Å². The molecule has 1 fully saturated rings. The number of aliphatic carboxylic acids is 1. The number of allylic oxidation sites excluding steroid dienone is 4. The van der Waals surface area contributed by atoms with Gasteiger partial charge in [-0.05, 0) is 71.2 Å². The van der Waals surface area contributed by atoms with Crippen LogP contribution in [0.15, 0.2) is 62.9 Å². The molecule has 2 aliphatic rings. The van der Waals surface area contributed by atoms with Crippen LogP contribution in [0.3, 0.4) is 0 Å². The summed E-state index contributed by atoms with van der Waals surface area (Å²) < 4.78 is 23.8. The summed E-state index contributed by atoms with van der Waals surface area (Å²) in [6.07, 6.45) is -1.22. The quantitative estimate of drug-likeness (QED) is 0.153. The molecule has 13 nitrogen and oxygen atoms in total. The van der Waals surface area contributed by atoms with Crippen molar-refractivity contribution in [3.8, 4) is 34.3 Å². The number of carbonyl (C=O) groups is 1. The molecule has 0 saturated carbocycles. The Hall–Kier alpha value is -4.66. The second-order valence-corrected chi connectivity index (χ2v) is 12.8. The maximum absolute atomic E-state index is 14.6. The van der Waals surface area contributed by atoms with Gasteiger partial charge in [0.05, 0.1) is 17.7 Å². The number of carboxylic acid groups (broad SMARTS) is 1. The molecule has 0 radical (unpaired) electrons. The van der Waals surface area contributed by atoms with E-state index in [1.807, 2.05) is 26.8 Å². The average Bonchev–Trinajstić information content (AvgIpc) is 3.03. The molecule has 3 aromatic rings. The summed E-state index contributed by atoms with van der Waals surface area (Å²) in [4.78, 5) is 26.4. The Bertz CT molecular complexity index is 1900. The molecular formula is C36H40O13. The van der Waals surface area contributed by atoms with Gasteiger partial charge in [-0.2, -0.15) is 0 Å². The summed E-state index contributed by atoms with van der Waals surface area (Å²) in [6.45, 7) is 7.10. The predicted molar refractivity (Wildman–Crippen MR) is 177 cm³/mol. The van der Waals surface area contributed by atoms with Crippen molar-refractivity contribution in [3.63, 3.8) is 0 Å². The van der Waals surface area contributed by atoms with Gasteiger partial charge in [0.25, 0.3) is 0 Å². The van der Waals surface area contributed by atoms with Crippen molar-refractivity contribution >= 4 is 23.0 Å². The number of fused-ring (bicyclic) bond motifs is 2. The Morgan fingerprint density at radius 3 is 2.43 bits per heavy atom. The van der Waals surface area contributed by atoms with E-state index in [1.165, 1.54) is 35.9 Å². The number of hydrogen-bond acceptors (Lipinski definition) is 12. The van der Waals surface area contributed by atoms with E-state index in [1.54, 1.807) is 6.92 Å². The van der Waals surface area contributed by atoms with Crippen molar-refractivity contribution < 1.29 is 59.2 Å². The van der Waals surface area contributed by atoms with Gasteiger partial charge < -0.3 is 54.4 Å². The minimum atomic E-state index is -1.98. The van der Waals surface area contributed by atoms with Gasteiger partial charge >= 0.3 is 5.97 Å². The van der Waals surface area contributed by atoms with Crippen LogP contribution in [0.5, 0.6) is 23.0 Å². The lowest BCUT2D eigenvalue weighted by molar-refractivity contribution is -0.271. The fraction of sp³-hybridized carbons (Fsp3) is 0.389. The first-order chi connectivity index (χ1) is 23.1. The molecule has 0 amide bonds. The predicted octanol–water partition coefficient (Wildman–Crippen LogP) is 3.53. The number of aliphatic hydroxyl groups excluding tert-OH is 4. The van der Waals surface area contributed by atoms with Crippen molar-refractivity contribution in [2.45, 2.75) is 83.3 Å². The summed E-state index contributed by atoms with van der Waals surface area (Å²) in [5, 5.41) is 71.7. The molecule has 6 unspecified atom stereocenters. The molecule has 262 valence electrons. The fourth-order valence-electron chi connectivity index (χ4n) is 5.69. The second kappa shape index (κ2) is 14.1. The van der Waals surface area contributed by atoms with Gasteiger partial charge in [0, 0.05) is 17.7 Å². The van der Waals surface area contributed by atoms with Gasteiger partial charge in [-0.15, -0.1) is 0 Å². The van der Waals surface area contributed by atoms with Crippen LogP contribution < -0.4 is 14.9 Å². The molecule has 0 bridgehead atoms. The van der Waals surface area contributed by atoms with Crippen molar-refractivity contribution in [3.05, 3.63) is 75.0 Å². The smallest absolute Gasteiger partial charge is 0.335 e. The number of phenolic OH excluding ortho intramolecular Hbond substituents is 2. The highest BCUT2D eigenvalue weighted by atomic mass is 16.7. The van der Waals surface area contributed by atoms with Crippen LogP contribution >= 0.6 is 0 Å². The minimum absolute atomic E-state index is 0.0102. The third-order valence-electron chi connectivity index (χ3n) is 8.51. The number of aliphatic hydroxyl groups is 4. The lowest BCUT2D eigenvalue weighted by atomic mass is 9.95. The Morgan fingerprint density at radius 2 is 1.78 bits per heavy atom. The number of aromatic hydroxyl groups is 2. The first-order valence-corrected chi connectivity index (χ1v) is 15.7. The standard InChI is InChI=1S/C36H40O13/c1-17(2)6-5-7-18(3)8-10-22-27(40)26-25(46-31(22)20-11-9-19(38)14-23(20)39)15-24-21(12-13-36(4,16-37)49-24)32(26)47-35-30(43)28(41)29(42)33(48-35)34(44)45/h6,8-9,11-15,28-30,33,35,37-39,41-43H,5,7,10,16H2,1-4H3,(H,44,45)/b18-8+. The van der Waals surface area contributed by atoms with E-state index in [9.17, 15) is 45.3 Å². The third-order valence-corrected chi connectivity index (χ3v) is 8.51. The van der Waals surface area contributed by atoms with Gasteiger partial charge in [0.1, 0.15) is 63.6 Å². The maximum Gasteiger partial charge on any atom is 0.335 e. The zero-order chi connectivity index (χ0) is 35.8. The van der Waals surface area contributed by atoms with Crippen LogP contribution in [0.4, 0.5) is 0 Å². The summed E-state index contributed by atoms with van der Waals surface area (Å²) >= 11 is 0. The molecule has 0 aliphatic carbocycles. The number of rotatable bonds is 10. The van der Waals surface area contributed by atoms with Crippen LogP contribution in [0.2, 0.25) is 0 Å². The number of carboxylic acids is 1. The summed E-state index contributed by atoms with van der Waals surface area (Å²) in [6, 6.07) is 5.23. The molecule has 1 aromatic heterocycles. The van der Waals surface area contributed by atoms with E-state index in [-0.39, 0.29) is 62.8 Å². The molecule has 2 aliphatic heterocycles. The van der Waals surface area contributed by atoms with Gasteiger partial charge in [0.15, 0.2) is 6.10 Å². The topological polar surface area (TPSA) is 217 Å². The van der Waals surface area contributed by atoms with E-state index >= 15 is 0 Å². The van der Waals surface area contributed by atoms with E-state index in [2.05, 4.69) is 6.08 Å². The van der Waals surface area contributed by atoms with Crippen LogP contribution in [0, 0.1) is 0 Å². The molecular weight excluding hydrogens is 640 g/mol. The van der Waals surface area contributed by atoms with Crippen molar-refractivity contribution in [1.29, 1.82) is 0 Å². The number of benzene rings is 2. The Labute approximate surface area is 281 Å². The van der Waals surface area contributed by atoms with E-state index < -0.39 is 54.3 Å². The minimum Gasteiger partial charge on any atom is -0.508 e. The summed E-state index contributed by atoms with van der Waals surface area (Å²) in [7, 11) is 0. The van der Waals surface area contributed by atoms with Crippen molar-refractivity contribution in [1.82, 2.24) is 0 Å². The average molecular weight is 681 g/mol. The van der Waals surface area contributed by atoms with Gasteiger partial charge in [0.2, 0.25) is 11.7 Å². The highest BCUT2D eigenvalue weighted by Gasteiger charge is 2.48. The zero-order valence-corrected chi connectivity index (χ0v) is 27.4. The first kappa shape index (κ1) is 35.6. The van der Waals surface area contributed by atoms with Crippen LogP contribution in [-0.2, 0) is 16.0 Å². The Balaban J connectivity index is 1.75. The molecule has 13 heteroatoms. The van der Waals surface area contributed by atoms with Crippen LogP contribution in [0.1, 0.15) is 51.7 Å². The lowest BCUT2D eigenvalue weighted by Crippen LogP contribution is -2.61. The highest BCUT2D eigenvalue weighted by Crippen LogP contribution is 2.45. The Morgan fingerprint density at radius 1 is 1.04 bits per heavy atom. The molecule has 3 heterocycles. The van der Waals surface area contributed by atoms with Gasteiger partial charge in [-0.3, -0.25) is 4.79 Å².